The lowest BCUT2D eigenvalue weighted by atomic mass is 10.1. The number of hydrogen-bond acceptors (Lipinski definition) is 5. The summed E-state index contributed by atoms with van der Waals surface area (Å²) >= 11 is 0. The molecule has 18 heavy (non-hydrogen) atoms. The number of amides is 1. The molecular weight excluding hydrogens is 232 g/mol. The van der Waals surface area contributed by atoms with E-state index in [9.17, 15) is 4.79 Å². The van der Waals surface area contributed by atoms with Crippen LogP contribution in [0.1, 0.15) is 5.56 Å². The molecule has 1 amide bonds. The van der Waals surface area contributed by atoms with E-state index in [-0.39, 0.29) is 11.9 Å². The summed E-state index contributed by atoms with van der Waals surface area (Å²) in [5.41, 5.74) is 6.65. The molecule has 1 aliphatic rings. The van der Waals surface area contributed by atoms with Gasteiger partial charge in [0.25, 0.3) is 0 Å². The maximum absolute atomic E-state index is 11.9. The van der Waals surface area contributed by atoms with E-state index < -0.39 is 0 Å². The van der Waals surface area contributed by atoms with E-state index in [2.05, 4.69) is 10.3 Å². The van der Waals surface area contributed by atoms with E-state index in [1.54, 1.807) is 13.2 Å². The van der Waals surface area contributed by atoms with Crippen molar-refractivity contribution in [2.75, 3.05) is 31.7 Å². The third-order valence-corrected chi connectivity index (χ3v) is 3.04. The van der Waals surface area contributed by atoms with Crippen molar-refractivity contribution in [3.05, 3.63) is 23.9 Å². The Morgan fingerprint density at radius 1 is 1.72 bits per heavy atom. The molecule has 98 valence electrons. The molecule has 0 radical (unpaired) electrons. The Labute approximate surface area is 106 Å². The van der Waals surface area contributed by atoms with Crippen molar-refractivity contribution in [1.82, 2.24) is 10.3 Å². The first kappa shape index (κ1) is 12.8. The molecule has 2 rings (SSSR count). The first-order valence-corrected chi connectivity index (χ1v) is 5.98. The van der Waals surface area contributed by atoms with Crippen molar-refractivity contribution < 1.29 is 9.53 Å². The Morgan fingerprint density at radius 2 is 2.56 bits per heavy atom. The zero-order valence-corrected chi connectivity index (χ0v) is 10.4. The van der Waals surface area contributed by atoms with Crippen LogP contribution < -0.4 is 16.0 Å². The van der Waals surface area contributed by atoms with Gasteiger partial charge in [-0.25, -0.2) is 4.98 Å². The second-order valence-electron chi connectivity index (χ2n) is 4.09. The van der Waals surface area contributed by atoms with Gasteiger partial charge in [0.2, 0.25) is 5.91 Å². The van der Waals surface area contributed by atoms with E-state index in [4.69, 9.17) is 10.5 Å². The van der Waals surface area contributed by atoms with Crippen molar-refractivity contribution in [2.45, 2.75) is 12.6 Å². The molecule has 6 nitrogen and oxygen atoms in total. The van der Waals surface area contributed by atoms with Gasteiger partial charge in [0, 0.05) is 31.9 Å². The quantitative estimate of drug-likeness (QED) is 0.755. The molecule has 1 fully saturated rings. The van der Waals surface area contributed by atoms with Crippen LogP contribution >= 0.6 is 0 Å². The molecule has 6 heteroatoms. The first-order valence-electron chi connectivity index (χ1n) is 5.98. The fourth-order valence-electron chi connectivity index (χ4n) is 2.09. The molecule has 0 aliphatic carbocycles. The van der Waals surface area contributed by atoms with Crippen molar-refractivity contribution in [3.8, 4) is 0 Å². The van der Waals surface area contributed by atoms with E-state index >= 15 is 0 Å². The molecule has 2 heterocycles. The lowest BCUT2D eigenvalue weighted by Crippen LogP contribution is -2.54. The molecule has 1 aromatic heterocycles. The van der Waals surface area contributed by atoms with Crippen molar-refractivity contribution in [1.29, 1.82) is 0 Å². The molecule has 1 unspecified atom stereocenters. The van der Waals surface area contributed by atoms with Gasteiger partial charge in [0.05, 0.1) is 13.2 Å². The zero-order valence-electron chi connectivity index (χ0n) is 10.4. The Hall–Kier alpha value is -1.66. The molecule has 0 aromatic carbocycles. The van der Waals surface area contributed by atoms with Crippen molar-refractivity contribution >= 4 is 11.7 Å². The van der Waals surface area contributed by atoms with Crippen molar-refractivity contribution in [2.24, 2.45) is 5.73 Å². The first-order chi connectivity index (χ1) is 8.77. The molecule has 1 aromatic rings. The van der Waals surface area contributed by atoms with Crippen LogP contribution in [0.25, 0.3) is 0 Å². The van der Waals surface area contributed by atoms with Crippen LogP contribution in [0, 0.1) is 0 Å². The Morgan fingerprint density at radius 3 is 3.28 bits per heavy atom. The maximum atomic E-state index is 11.9. The summed E-state index contributed by atoms with van der Waals surface area (Å²) in [6.45, 7) is 2.01. The van der Waals surface area contributed by atoms with Gasteiger partial charge in [0.1, 0.15) is 11.9 Å². The second-order valence-corrected chi connectivity index (χ2v) is 4.09. The van der Waals surface area contributed by atoms with Crippen LogP contribution in [-0.4, -0.2) is 43.7 Å². The number of ether oxygens (including phenoxy) is 1. The van der Waals surface area contributed by atoms with Crippen LogP contribution in [0.4, 0.5) is 5.82 Å². The number of pyridine rings is 1. The number of nitrogens with one attached hydrogen (secondary N) is 1. The normalized spacial score (nSPS) is 19.7. The Bertz CT molecular complexity index is 424. The summed E-state index contributed by atoms with van der Waals surface area (Å²) in [4.78, 5) is 18.2. The monoisotopic (exact) mass is 250 g/mol. The topological polar surface area (TPSA) is 80.5 Å². The van der Waals surface area contributed by atoms with Gasteiger partial charge >= 0.3 is 0 Å². The maximum Gasteiger partial charge on any atom is 0.244 e. The minimum absolute atomic E-state index is 0.0664. The molecule has 0 bridgehead atoms. The Kier molecular flexibility index (Phi) is 4.11. The molecule has 1 atom stereocenters. The van der Waals surface area contributed by atoms with Gasteiger partial charge in [0.15, 0.2) is 0 Å². The summed E-state index contributed by atoms with van der Waals surface area (Å²) in [6, 6.07) is 3.43. The molecule has 0 spiro atoms. The lowest BCUT2D eigenvalue weighted by Gasteiger charge is -2.36. The van der Waals surface area contributed by atoms with Gasteiger partial charge < -0.3 is 20.7 Å². The molecule has 1 aliphatic heterocycles. The van der Waals surface area contributed by atoms with E-state index in [1.165, 1.54) is 0 Å². The SMILES string of the molecule is CNC(=O)C1COCCN1c1ncccc1CN. The van der Waals surface area contributed by atoms with E-state index in [0.29, 0.717) is 26.3 Å². The highest BCUT2D eigenvalue weighted by molar-refractivity contribution is 5.85. The predicted octanol–water partition coefficient (Wildman–Crippen LogP) is -0.508. The smallest absolute Gasteiger partial charge is 0.244 e. The third kappa shape index (κ3) is 2.44. The third-order valence-electron chi connectivity index (χ3n) is 3.04. The number of carbonyl (C=O) groups excluding carboxylic acids is 1. The number of anilines is 1. The minimum Gasteiger partial charge on any atom is -0.377 e. The van der Waals surface area contributed by atoms with Crippen LogP contribution in [0.5, 0.6) is 0 Å². The summed E-state index contributed by atoms with van der Waals surface area (Å²) in [6.07, 6.45) is 1.71. The summed E-state index contributed by atoms with van der Waals surface area (Å²) in [7, 11) is 1.62. The van der Waals surface area contributed by atoms with Crippen LogP contribution in [0.2, 0.25) is 0 Å². The summed E-state index contributed by atoms with van der Waals surface area (Å²) in [5.74, 6) is 0.709. The predicted molar refractivity (Wildman–Crippen MR) is 68.1 cm³/mol. The number of nitrogens with zero attached hydrogens (tertiary/aromatic N) is 2. The largest absolute Gasteiger partial charge is 0.377 e. The second kappa shape index (κ2) is 5.79. The fourth-order valence-corrected chi connectivity index (χ4v) is 2.09. The molecule has 0 saturated carbocycles. The summed E-state index contributed by atoms with van der Waals surface area (Å²) < 4.78 is 5.37. The highest BCUT2D eigenvalue weighted by Crippen LogP contribution is 2.21. The molecule has 1 saturated heterocycles. The van der Waals surface area contributed by atoms with E-state index in [0.717, 1.165) is 11.4 Å². The lowest BCUT2D eigenvalue weighted by molar-refractivity contribution is -0.124. The fraction of sp³-hybridized carbons (Fsp3) is 0.500. The highest BCUT2D eigenvalue weighted by atomic mass is 16.5. The highest BCUT2D eigenvalue weighted by Gasteiger charge is 2.30. The minimum atomic E-state index is -0.344. The van der Waals surface area contributed by atoms with Crippen molar-refractivity contribution in [3.63, 3.8) is 0 Å². The van der Waals surface area contributed by atoms with Gasteiger partial charge in [-0.05, 0) is 6.07 Å². The van der Waals surface area contributed by atoms with Crippen LogP contribution in [-0.2, 0) is 16.1 Å². The average molecular weight is 250 g/mol. The Balaban J connectivity index is 2.30. The number of morpholine rings is 1. The number of rotatable bonds is 3. The van der Waals surface area contributed by atoms with Gasteiger partial charge in [-0.15, -0.1) is 0 Å². The average Bonchev–Trinajstić information content (AvgIpc) is 2.46. The van der Waals surface area contributed by atoms with Gasteiger partial charge in [-0.2, -0.15) is 0 Å². The standard InChI is InChI=1S/C12H18N4O2/c1-14-12(17)10-8-18-6-5-16(10)11-9(7-13)3-2-4-15-11/h2-4,10H,5-8,13H2,1H3,(H,14,17). The van der Waals surface area contributed by atoms with E-state index in [1.807, 2.05) is 17.0 Å². The summed E-state index contributed by atoms with van der Waals surface area (Å²) in [5, 5.41) is 2.65. The number of carbonyl (C=O) groups is 1. The van der Waals surface area contributed by atoms with Gasteiger partial charge in [-0.1, -0.05) is 6.07 Å². The zero-order chi connectivity index (χ0) is 13.0. The number of aromatic nitrogens is 1. The number of likely N-dealkylation sites (N-methyl/N-ethyl adjacent to an activating group) is 1. The number of hydrogen-bond donors (Lipinski definition) is 2. The number of nitrogens with two attached hydrogens (primary N) is 1. The van der Waals surface area contributed by atoms with Crippen LogP contribution in [0.3, 0.4) is 0 Å². The van der Waals surface area contributed by atoms with Crippen LogP contribution in [0.15, 0.2) is 18.3 Å². The van der Waals surface area contributed by atoms with Gasteiger partial charge in [-0.3, -0.25) is 4.79 Å². The molecular formula is C12H18N4O2. The molecule has 3 N–H and O–H groups in total.